The number of nitriles is 1. The number of carbonyl (C=O) groups excluding carboxylic acids is 1. The molecule has 0 aliphatic rings. The molecule has 8 heavy (non-hydrogen) atoms. The highest BCUT2D eigenvalue weighted by molar-refractivity contribution is 5.50. The average molecular weight is 111 g/mol. The van der Waals surface area contributed by atoms with E-state index in [0.29, 0.717) is 6.42 Å². The van der Waals surface area contributed by atoms with Crippen LogP contribution < -0.4 is 0 Å². The normalized spacial score (nSPS) is 12.0. The largest absolute Gasteiger partial charge is 0.303 e. The lowest BCUT2D eigenvalue weighted by molar-refractivity contribution is -0.108. The van der Waals surface area contributed by atoms with Crippen molar-refractivity contribution in [3.8, 4) is 6.07 Å². The minimum Gasteiger partial charge on any atom is -0.303 e. The lowest BCUT2D eigenvalue weighted by Gasteiger charge is -1.94. The topological polar surface area (TPSA) is 40.9 Å². The summed E-state index contributed by atoms with van der Waals surface area (Å²) < 4.78 is 0. The van der Waals surface area contributed by atoms with Crippen LogP contribution in [-0.4, -0.2) is 6.29 Å². The zero-order chi connectivity index (χ0) is 6.41. The van der Waals surface area contributed by atoms with Crippen molar-refractivity contribution >= 4 is 6.29 Å². The fraction of sp³-hybridized carbons (Fsp3) is 0.667. The third kappa shape index (κ3) is 2.35. The van der Waals surface area contributed by atoms with Crippen LogP contribution in [0.1, 0.15) is 19.8 Å². The van der Waals surface area contributed by atoms with Crippen LogP contribution >= 0.6 is 0 Å². The second-order valence-corrected chi connectivity index (χ2v) is 1.64. The van der Waals surface area contributed by atoms with E-state index in [9.17, 15) is 4.79 Å². The van der Waals surface area contributed by atoms with Crippen molar-refractivity contribution in [2.45, 2.75) is 19.8 Å². The molecule has 0 fully saturated rings. The van der Waals surface area contributed by atoms with Gasteiger partial charge >= 0.3 is 0 Å². The van der Waals surface area contributed by atoms with Crippen LogP contribution in [0.3, 0.4) is 0 Å². The van der Waals surface area contributed by atoms with Crippen molar-refractivity contribution in [1.82, 2.24) is 0 Å². The van der Waals surface area contributed by atoms with Crippen molar-refractivity contribution in [2.24, 2.45) is 5.92 Å². The summed E-state index contributed by atoms with van der Waals surface area (Å²) >= 11 is 0. The zero-order valence-corrected chi connectivity index (χ0v) is 4.92. The Labute approximate surface area is 49.1 Å². The minimum absolute atomic E-state index is 0.0625. The van der Waals surface area contributed by atoms with Gasteiger partial charge in [-0.05, 0) is 6.42 Å². The van der Waals surface area contributed by atoms with Crippen molar-refractivity contribution in [2.75, 3.05) is 0 Å². The molecule has 0 aliphatic heterocycles. The summed E-state index contributed by atoms with van der Waals surface area (Å²) in [5.41, 5.74) is 0. The first-order valence-electron chi connectivity index (χ1n) is 2.68. The molecular weight excluding hydrogens is 102 g/mol. The molecule has 0 saturated carbocycles. The Morgan fingerprint density at radius 3 is 2.62 bits per heavy atom. The van der Waals surface area contributed by atoms with Gasteiger partial charge in [0.05, 0.1) is 12.0 Å². The maximum Gasteiger partial charge on any atom is 0.121 e. The van der Waals surface area contributed by atoms with Gasteiger partial charge in [0.15, 0.2) is 0 Å². The van der Waals surface area contributed by atoms with E-state index in [4.69, 9.17) is 5.26 Å². The quantitative estimate of drug-likeness (QED) is 0.512. The summed E-state index contributed by atoms with van der Waals surface area (Å²) in [6.45, 7) is 1.90. The highest BCUT2D eigenvalue weighted by Crippen LogP contribution is 2.02. The molecule has 2 heteroatoms. The van der Waals surface area contributed by atoms with E-state index in [0.717, 1.165) is 12.7 Å². The second-order valence-electron chi connectivity index (χ2n) is 1.64. The highest BCUT2D eigenvalue weighted by Gasteiger charge is 2.00. The summed E-state index contributed by atoms with van der Waals surface area (Å²) in [5.74, 6) is -0.0625. The Kier molecular flexibility index (Phi) is 3.87. The molecule has 0 aromatic rings. The average Bonchev–Trinajstić information content (AvgIpc) is 1.83. The standard InChI is InChI=1S/C6H9NO/c1-2-6(5-7)3-4-8/h4,6H,2-3H2,1H3. The predicted molar refractivity (Wildman–Crippen MR) is 30.1 cm³/mol. The molecule has 1 unspecified atom stereocenters. The van der Waals surface area contributed by atoms with Gasteiger partial charge < -0.3 is 4.79 Å². The molecule has 0 aromatic heterocycles. The van der Waals surface area contributed by atoms with Gasteiger partial charge in [-0.1, -0.05) is 6.92 Å². The molecule has 0 amide bonds. The highest BCUT2D eigenvalue weighted by atomic mass is 16.1. The van der Waals surface area contributed by atoms with Crippen LogP contribution in [0.15, 0.2) is 0 Å². The Bertz CT molecular complexity index is 104. The monoisotopic (exact) mass is 111 g/mol. The van der Waals surface area contributed by atoms with Crippen molar-refractivity contribution in [3.63, 3.8) is 0 Å². The first kappa shape index (κ1) is 7.16. The Balaban J connectivity index is 3.40. The lowest BCUT2D eigenvalue weighted by Crippen LogP contribution is -1.93. The third-order valence-corrected chi connectivity index (χ3v) is 1.06. The van der Waals surface area contributed by atoms with Gasteiger partial charge in [0, 0.05) is 6.42 Å². The third-order valence-electron chi connectivity index (χ3n) is 1.06. The van der Waals surface area contributed by atoms with Crippen LogP contribution in [0.25, 0.3) is 0 Å². The molecule has 0 aromatic carbocycles. The molecule has 0 spiro atoms. The molecule has 0 saturated heterocycles. The van der Waals surface area contributed by atoms with E-state index in [1.807, 2.05) is 13.0 Å². The van der Waals surface area contributed by atoms with Gasteiger partial charge in [0.2, 0.25) is 0 Å². The number of hydrogen-bond acceptors (Lipinski definition) is 2. The lowest BCUT2D eigenvalue weighted by atomic mass is 10.1. The Hall–Kier alpha value is -0.840. The van der Waals surface area contributed by atoms with E-state index in [2.05, 4.69) is 0 Å². The maximum atomic E-state index is 9.78. The number of hydrogen-bond donors (Lipinski definition) is 0. The molecule has 2 nitrogen and oxygen atoms in total. The smallest absolute Gasteiger partial charge is 0.121 e. The van der Waals surface area contributed by atoms with Gasteiger partial charge in [-0.15, -0.1) is 0 Å². The van der Waals surface area contributed by atoms with E-state index in [1.54, 1.807) is 0 Å². The maximum absolute atomic E-state index is 9.78. The molecule has 44 valence electrons. The molecule has 0 aliphatic carbocycles. The van der Waals surface area contributed by atoms with Crippen molar-refractivity contribution < 1.29 is 4.79 Å². The van der Waals surface area contributed by atoms with Gasteiger partial charge in [0.25, 0.3) is 0 Å². The molecule has 0 rings (SSSR count). The van der Waals surface area contributed by atoms with E-state index in [1.165, 1.54) is 0 Å². The molecule has 0 radical (unpaired) electrons. The Morgan fingerprint density at radius 2 is 2.50 bits per heavy atom. The van der Waals surface area contributed by atoms with Crippen molar-refractivity contribution in [3.05, 3.63) is 0 Å². The van der Waals surface area contributed by atoms with Crippen molar-refractivity contribution in [1.29, 1.82) is 5.26 Å². The van der Waals surface area contributed by atoms with Crippen LogP contribution in [0, 0.1) is 17.2 Å². The van der Waals surface area contributed by atoms with Crippen LogP contribution in [0.4, 0.5) is 0 Å². The van der Waals surface area contributed by atoms with Crippen LogP contribution in [0.2, 0.25) is 0 Å². The number of carbonyl (C=O) groups is 1. The first-order chi connectivity index (χ1) is 3.85. The number of aldehydes is 1. The summed E-state index contributed by atoms with van der Waals surface area (Å²) in [7, 11) is 0. The Morgan fingerprint density at radius 1 is 1.88 bits per heavy atom. The van der Waals surface area contributed by atoms with Crippen LogP contribution in [-0.2, 0) is 4.79 Å². The second kappa shape index (κ2) is 4.32. The van der Waals surface area contributed by atoms with Gasteiger partial charge in [0.1, 0.15) is 6.29 Å². The molecule has 1 atom stereocenters. The van der Waals surface area contributed by atoms with E-state index < -0.39 is 0 Å². The predicted octanol–water partition coefficient (Wildman–Crippen LogP) is 1.13. The summed E-state index contributed by atoms with van der Waals surface area (Å²) in [4.78, 5) is 9.78. The number of rotatable bonds is 3. The van der Waals surface area contributed by atoms with Crippen LogP contribution in [0.5, 0.6) is 0 Å². The first-order valence-corrected chi connectivity index (χ1v) is 2.68. The fourth-order valence-electron chi connectivity index (χ4n) is 0.427. The molecule has 0 N–H and O–H groups in total. The summed E-state index contributed by atoms with van der Waals surface area (Å²) in [6, 6.07) is 2.02. The van der Waals surface area contributed by atoms with Gasteiger partial charge in [-0.3, -0.25) is 0 Å². The minimum atomic E-state index is -0.0625. The molecule has 0 heterocycles. The zero-order valence-electron chi connectivity index (χ0n) is 4.92. The fourth-order valence-corrected chi connectivity index (χ4v) is 0.427. The van der Waals surface area contributed by atoms with E-state index >= 15 is 0 Å². The SMILES string of the molecule is CCC(C#N)CC=O. The van der Waals surface area contributed by atoms with Gasteiger partial charge in [-0.2, -0.15) is 5.26 Å². The summed E-state index contributed by atoms with van der Waals surface area (Å²) in [5, 5.41) is 8.25. The number of nitrogens with zero attached hydrogens (tertiary/aromatic N) is 1. The van der Waals surface area contributed by atoms with E-state index in [-0.39, 0.29) is 5.92 Å². The molecular formula is C6H9NO. The summed E-state index contributed by atoms with van der Waals surface area (Å²) in [6.07, 6.45) is 1.94. The molecule has 0 bridgehead atoms. The van der Waals surface area contributed by atoms with Gasteiger partial charge in [-0.25, -0.2) is 0 Å².